The second-order valence-corrected chi connectivity index (χ2v) is 15.5. The zero-order chi connectivity index (χ0) is 27.4. The molecular weight excluding hydrogens is 537 g/mol. The smallest absolute Gasteiger partial charge is 0.192 e. The Bertz CT molecular complexity index is 1680. The summed E-state index contributed by atoms with van der Waals surface area (Å²) in [5, 5.41) is 4.91. The lowest BCUT2D eigenvalue weighted by atomic mass is 9.65. The summed E-state index contributed by atoms with van der Waals surface area (Å²) in [5.74, 6) is -0.435. The predicted molar refractivity (Wildman–Crippen MR) is 150 cm³/mol. The Kier molecular flexibility index (Phi) is 5.94. The van der Waals surface area contributed by atoms with Crippen LogP contribution in [0.25, 0.3) is 11.8 Å². The molecule has 4 aromatic rings. The maximum atomic E-state index is 14.7. The number of hydrogen-bond acceptors (Lipinski definition) is 5. The fourth-order valence-electron chi connectivity index (χ4n) is 5.66. The molecule has 1 saturated heterocycles. The molecule has 1 fully saturated rings. The number of benzene rings is 1. The van der Waals surface area contributed by atoms with Gasteiger partial charge in [-0.25, -0.2) is 18.4 Å². The van der Waals surface area contributed by atoms with Gasteiger partial charge in [0.2, 0.25) is 0 Å². The third-order valence-corrected chi connectivity index (χ3v) is 11.5. The van der Waals surface area contributed by atoms with Crippen LogP contribution < -0.4 is 0 Å². The number of carbonyl (C=O) groups excluding carboxylic acids is 1. The lowest BCUT2D eigenvalue weighted by Gasteiger charge is -2.53. The largest absolute Gasteiger partial charge is 0.291 e. The number of Topliss-reactive ketones (excluding diaryl/α,β-unsaturated/α-hetero) is 1. The van der Waals surface area contributed by atoms with E-state index in [4.69, 9.17) is 11.6 Å². The molecule has 3 aromatic heterocycles. The van der Waals surface area contributed by atoms with Crippen molar-refractivity contribution >= 4 is 32.7 Å². The van der Waals surface area contributed by atoms with Crippen molar-refractivity contribution < 1.29 is 13.4 Å². The molecule has 7 nitrogen and oxygen atoms in total. The standard InChI is InChI=1S/C29H27ClFN5O2S/c1-39(2,38,24-10-11-27(30)33-18-24)35-14-12-21-15-26-20(17-34-36(26)23-8-6-22(31)7-9-23)16-29(21,19-35)28(37)25-5-3-4-13-32-25/h3-11,13,15,17-18H,12,14,16,19H2,1-2H3. The van der Waals surface area contributed by atoms with Gasteiger partial charge in [0, 0.05) is 42.9 Å². The summed E-state index contributed by atoms with van der Waals surface area (Å²) in [4.78, 5) is 23.5. The van der Waals surface area contributed by atoms with E-state index in [0.29, 0.717) is 35.1 Å². The van der Waals surface area contributed by atoms with Crippen LogP contribution in [0, 0.1) is 11.2 Å². The number of piperidine rings is 1. The molecule has 0 bridgehead atoms. The Morgan fingerprint density at radius 1 is 1.05 bits per heavy atom. The Hall–Kier alpha value is -3.53. The van der Waals surface area contributed by atoms with Crippen LogP contribution >= 0.6 is 11.6 Å². The fourth-order valence-corrected chi connectivity index (χ4v) is 8.09. The minimum atomic E-state index is -3.60. The number of halogens is 2. The first-order chi connectivity index (χ1) is 18.6. The monoisotopic (exact) mass is 563 g/mol. The zero-order valence-corrected chi connectivity index (χ0v) is 23.1. The number of nitrogens with zero attached hydrogens (tertiary/aromatic N) is 5. The number of fused-ring (bicyclic) bond motifs is 2. The van der Waals surface area contributed by atoms with E-state index in [1.165, 1.54) is 12.1 Å². The van der Waals surface area contributed by atoms with Crippen LogP contribution in [-0.4, -0.2) is 59.6 Å². The molecule has 0 saturated carbocycles. The topological polar surface area (TPSA) is 81.0 Å². The molecule has 0 spiro atoms. The molecule has 1 aliphatic carbocycles. The average Bonchev–Trinajstić information content (AvgIpc) is 3.34. The predicted octanol–water partition coefficient (Wildman–Crippen LogP) is 5.02. The van der Waals surface area contributed by atoms with Crippen LogP contribution in [0.1, 0.15) is 28.2 Å². The van der Waals surface area contributed by atoms with Crippen LogP contribution in [-0.2, 0) is 15.7 Å². The van der Waals surface area contributed by atoms with Gasteiger partial charge in [-0.15, -0.1) is 0 Å². The number of pyridine rings is 2. The van der Waals surface area contributed by atoms with Crippen molar-refractivity contribution in [2.24, 2.45) is 5.41 Å². The number of hydrogen-bond donors (Lipinski definition) is 0. The van der Waals surface area contributed by atoms with Crippen molar-refractivity contribution in [2.45, 2.75) is 17.7 Å². The lowest BCUT2D eigenvalue weighted by Crippen LogP contribution is -2.59. The molecule has 0 N–H and O–H groups in total. The van der Waals surface area contributed by atoms with Crippen LogP contribution in [0.4, 0.5) is 4.39 Å². The Balaban J connectivity index is 1.47. The SMILES string of the molecule is CS(C)(=O)(c1ccc(Cl)nc1)N1CCC2=Cc3c(cnn3-c3ccc(F)cc3)CC2(C(=O)c2ccccn2)C1. The molecular formula is C29H27ClFN5O2S. The van der Waals surface area contributed by atoms with E-state index in [0.717, 1.165) is 22.5 Å². The molecule has 2 aliphatic rings. The summed E-state index contributed by atoms with van der Waals surface area (Å²) in [6.07, 6.45) is 11.3. The van der Waals surface area contributed by atoms with E-state index < -0.39 is 14.7 Å². The molecule has 4 heterocycles. The fraction of sp³-hybridized carbons (Fsp3) is 0.241. The van der Waals surface area contributed by atoms with E-state index >= 15 is 0 Å². The summed E-state index contributed by atoms with van der Waals surface area (Å²) >= 11 is 6.02. The molecule has 10 heteroatoms. The second kappa shape index (κ2) is 9.01. The van der Waals surface area contributed by atoms with Gasteiger partial charge in [-0.05, 0) is 82.3 Å². The van der Waals surface area contributed by atoms with Crippen molar-refractivity contribution in [3.05, 3.63) is 107 Å². The van der Waals surface area contributed by atoms with E-state index in [1.807, 2.05) is 10.4 Å². The molecule has 0 radical (unpaired) electrons. The second-order valence-electron chi connectivity index (χ2n) is 10.6. The van der Waals surface area contributed by atoms with E-state index in [1.54, 1.807) is 78.2 Å². The van der Waals surface area contributed by atoms with Crippen LogP contribution in [0.5, 0.6) is 0 Å². The normalized spacial score (nSPS) is 20.3. The van der Waals surface area contributed by atoms with Crippen LogP contribution in [0.3, 0.4) is 0 Å². The summed E-state index contributed by atoms with van der Waals surface area (Å²) in [5.41, 5.74) is 2.81. The minimum absolute atomic E-state index is 0.114. The summed E-state index contributed by atoms with van der Waals surface area (Å²) in [7, 11) is -3.60. The molecule has 1 unspecified atom stereocenters. The Labute approximate surface area is 230 Å². The third-order valence-electron chi connectivity index (χ3n) is 7.91. The highest BCUT2D eigenvalue weighted by Gasteiger charge is 2.53. The first kappa shape index (κ1) is 25.7. The zero-order valence-electron chi connectivity index (χ0n) is 21.6. The molecule has 1 aliphatic heterocycles. The molecule has 0 amide bonds. The van der Waals surface area contributed by atoms with Gasteiger partial charge in [-0.3, -0.25) is 14.0 Å². The third kappa shape index (κ3) is 4.25. The molecule has 1 atom stereocenters. The summed E-state index contributed by atoms with van der Waals surface area (Å²) in [6.45, 7) is 0.737. The van der Waals surface area contributed by atoms with Gasteiger partial charge >= 0.3 is 0 Å². The van der Waals surface area contributed by atoms with Crippen molar-refractivity contribution in [1.82, 2.24) is 24.1 Å². The van der Waals surface area contributed by atoms with Gasteiger partial charge in [0.15, 0.2) is 5.78 Å². The molecule has 200 valence electrons. The first-order valence-electron chi connectivity index (χ1n) is 12.5. The first-order valence-corrected chi connectivity index (χ1v) is 15.7. The highest BCUT2D eigenvalue weighted by Crippen LogP contribution is 2.49. The van der Waals surface area contributed by atoms with Gasteiger partial charge < -0.3 is 0 Å². The Morgan fingerprint density at radius 2 is 1.85 bits per heavy atom. The van der Waals surface area contributed by atoms with Gasteiger partial charge in [-0.1, -0.05) is 23.2 Å². The van der Waals surface area contributed by atoms with Gasteiger partial charge in [0.25, 0.3) is 0 Å². The quantitative estimate of drug-likeness (QED) is 0.251. The minimum Gasteiger partial charge on any atom is -0.291 e. The van der Waals surface area contributed by atoms with Gasteiger partial charge in [-0.2, -0.15) is 5.10 Å². The number of carbonyl (C=O) groups is 1. The Morgan fingerprint density at radius 3 is 2.54 bits per heavy atom. The number of ketones is 1. The van der Waals surface area contributed by atoms with E-state index in [-0.39, 0.29) is 18.1 Å². The van der Waals surface area contributed by atoms with Crippen molar-refractivity contribution in [3.63, 3.8) is 0 Å². The lowest BCUT2D eigenvalue weighted by molar-refractivity contribution is 0.0770. The number of rotatable bonds is 5. The van der Waals surface area contributed by atoms with E-state index in [9.17, 15) is 13.4 Å². The van der Waals surface area contributed by atoms with Crippen molar-refractivity contribution in [3.8, 4) is 5.69 Å². The summed E-state index contributed by atoms with van der Waals surface area (Å²) in [6, 6.07) is 14.8. The van der Waals surface area contributed by atoms with Crippen molar-refractivity contribution in [2.75, 3.05) is 25.6 Å². The number of aromatic nitrogens is 4. The van der Waals surface area contributed by atoms with Gasteiger partial charge in [0.05, 0.1) is 23.0 Å². The summed E-state index contributed by atoms with van der Waals surface area (Å²) < 4.78 is 32.0. The van der Waals surface area contributed by atoms with Crippen LogP contribution in [0.15, 0.2) is 83.7 Å². The van der Waals surface area contributed by atoms with E-state index in [2.05, 4.69) is 15.1 Å². The highest BCUT2D eigenvalue weighted by molar-refractivity contribution is 8.16. The maximum Gasteiger partial charge on any atom is 0.192 e. The average molecular weight is 564 g/mol. The molecule has 6 rings (SSSR count). The highest BCUT2D eigenvalue weighted by atomic mass is 35.5. The van der Waals surface area contributed by atoms with Crippen LogP contribution in [0.2, 0.25) is 5.15 Å². The molecule has 39 heavy (non-hydrogen) atoms. The van der Waals surface area contributed by atoms with Crippen molar-refractivity contribution in [1.29, 1.82) is 0 Å². The maximum absolute atomic E-state index is 14.7. The molecule has 1 aromatic carbocycles. The van der Waals surface area contributed by atoms with Gasteiger partial charge in [0.1, 0.15) is 16.7 Å².